The molecule has 0 aliphatic heterocycles. The number of halogens is 1. The Balaban J connectivity index is 2.34. The number of benzene rings is 1. The minimum Gasteiger partial charge on any atom is -0.207 e. The average molecular weight is 194 g/mol. The van der Waals surface area contributed by atoms with Crippen LogP contribution in [0.3, 0.4) is 0 Å². The van der Waals surface area contributed by atoms with Gasteiger partial charge in [0.2, 0.25) is 0 Å². The molecular formula is C13H19F. The van der Waals surface area contributed by atoms with Crippen LogP contribution in [-0.2, 0) is 6.42 Å². The van der Waals surface area contributed by atoms with E-state index in [-0.39, 0.29) is 5.82 Å². The Morgan fingerprint density at radius 1 is 1.14 bits per heavy atom. The molecule has 14 heavy (non-hydrogen) atoms. The molecule has 0 amide bonds. The van der Waals surface area contributed by atoms with Crippen molar-refractivity contribution in [3.05, 3.63) is 35.6 Å². The van der Waals surface area contributed by atoms with Gasteiger partial charge in [0.25, 0.3) is 0 Å². The van der Waals surface area contributed by atoms with Crippen LogP contribution in [-0.4, -0.2) is 0 Å². The van der Waals surface area contributed by atoms with Gasteiger partial charge in [-0.3, -0.25) is 0 Å². The molecule has 0 nitrogen and oxygen atoms in total. The average Bonchev–Trinajstić information content (AvgIpc) is 2.17. The standard InChI is InChI=1S/C13H19F/c1-3-4-11(2)5-6-12-7-9-13(14)10-8-12/h7-11H,3-6H2,1-2H3. The van der Waals surface area contributed by atoms with Crippen molar-refractivity contribution in [1.82, 2.24) is 0 Å². The van der Waals surface area contributed by atoms with E-state index in [0.29, 0.717) is 0 Å². The summed E-state index contributed by atoms with van der Waals surface area (Å²) >= 11 is 0. The molecule has 1 aromatic carbocycles. The Labute approximate surface area is 86.2 Å². The minimum absolute atomic E-state index is 0.143. The fourth-order valence-electron chi connectivity index (χ4n) is 1.70. The summed E-state index contributed by atoms with van der Waals surface area (Å²) < 4.78 is 12.6. The van der Waals surface area contributed by atoms with Crippen molar-refractivity contribution in [2.24, 2.45) is 5.92 Å². The Hall–Kier alpha value is -0.850. The second-order valence-corrected chi connectivity index (χ2v) is 4.06. The lowest BCUT2D eigenvalue weighted by atomic mass is 9.97. The highest BCUT2D eigenvalue weighted by Crippen LogP contribution is 2.14. The zero-order valence-electron chi connectivity index (χ0n) is 9.09. The predicted octanol–water partition coefficient (Wildman–Crippen LogP) is 4.19. The lowest BCUT2D eigenvalue weighted by Crippen LogP contribution is -1.96. The third-order valence-corrected chi connectivity index (χ3v) is 2.62. The quantitative estimate of drug-likeness (QED) is 0.659. The van der Waals surface area contributed by atoms with E-state index < -0.39 is 0 Å². The molecule has 0 bridgehead atoms. The third-order valence-electron chi connectivity index (χ3n) is 2.62. The second kappa shape index (κ2) is 5.79. The van der Waals surface area contributed by atoms with Crippen molar-refractivity contribution >= 4 is 0 Å². The summed E-state index contributed by atoms with van der Waals surface area (Å²) in [6, 6.07) is 6.85. The predicted molar refractivity (Wildman–Crippen MR) is 58.8 cm³/mol. The van der Waals surface area contributed by atoms with Gasteiger partial charge in [-0.2, -0.15) is 0 Å². The van der Waals surface area contributed by atoms with Gasteiger partial charge >= 0.3 is 0 Å². The Bertz CT molecular complexity index is 250. The van der Waals surface area contributed by atoms with Crippen molar-refractivity contribution in [3.63, 3.8) is 0 Å². The van der Waals surface area contributed by atoms with E-state index in [9.17, 15) is 4.39 Å². The van der Waals surface area contributed by atoms with Crippen LogP contribution in [0.1, 0.15) is 38.7 Å². The molecule has 0 aromatic heterocycles. The lowest BCUT2D eigenvalue weighted by molar-refractivity contribution is 0.486. The molecule has 0 N–H and O–H groups in total. The largest absolute Gasteiger partial charge is 0.207 e. The van der Waals surface area contributed by atoms with Crippen molar-refractivity contribution in [1.29, 1.82) is 0 Å². The summed E-state index contributed by atoms with van der Waals surface area (Å²) in [6.07, 6.45) is 4.83. The second-order valence-electron chi connectivity index (χ2n) is 4.06. The third kappa shape index (κ3) is 3.91. The smallest absolute Gasteiger partial charge is 0.123 e. The van der Waals surface area contributed by atoms with Crippen molar-refractivity contribution in [2.45, 2.75) is 39.5 Å². The molecule has 1 heteroatoms. The highest BCUT2D eigenvalue weighted by atomic mass is 19.1. The maximum atomic E-state index is 12.6. The van der Waals surface area contributed by atoms with E-state index in [1.54, 1.807) is 12.1 Å². The molecule has 0 spiro atoms. The van der Waals surface area contributed by atoms with Gasteiger partial charge < -0.3 is 0 Å². The topological polar surface area (TPSA) is 0 Å². The van der Waals surface area contributed by atoms with Gasteiger partial charge in [0.15, 0.2) is 0 Å². The Kier molecular flexibility index (Phi) is 4.64. The number of aryl methyl sites for hydroxylation is 1. The summed E-state index contributed by atoms with van der Waals surface area (Å²) in [6.45, 7) is 4.50. The van der Waals surface area contributed by atoms with Crippen molar-refractivity contribution < 1.29 is 4.39 Å². The molecule has 1 rings (SSSR count). The van der Waals surface area contributed by atoms with Gasteiger partial charge in [-0.1, -0.05) is 38.8 Å². The molecule has 0 saturated heterocycles. The van der Waals surface area contributed by atoms with Crippen molar-refractivity contribution in [3.8, 4) is 0 Å². The van der Waals surface area contributed by atoms with Crippen LogP contribution in [0.15, 0.2) is 24.3 Å². The number of rotatable bonds is 5. The van der Waals surface area contributed by atoms with Crippen LogP contribution < -0.4 is 0 Å². The molecule has 0 aliphatic carbocycles. The number of hydrogen-bond donors (Lipinski definition) is 0. The van der Waals surface area contributed by atoms with Gasteiger partial charge in [0.1, 0.15) is 5.82 Å². The summed E-state index contributed by atoms with van der Waals surface area (Å²) in [4.78, 5) is 0. The molecule has 0 heterocycles. The molecule has 1 aromatic rings. The van der Waals surface area contributed by atoms with Gasteiger partial charge in [0, 0.05) is 0 Å². The molecule has 0 fully saturated rings. The normalized spacial score (nSPS) is 12.8. The van der Waals surface area contributed by atoms with Gasteiger partial charge in [0.05, 0.1) is 0 Å². The molecule has 1 atom stereocenters. The summed E-state index contributed by atoms with van der Waals surface area (Å²) in [5.74, 6) is 0.639. The van der Waals surface area contributed by atoms with Crippen LogP contribution >= 0.6 is 0 Å². The van der Waals surface area contributed by atoms with Gasteiger partial charge in [-0.15, -0.1) is 0 Å². The molecule has 78 valence electrons. The van der Waals surface area contributed by atoms with Gasteiger partial charge in [-0.05, 0) is 36.5 Å². The summed E-state index contributed by atoms with van der Waals surface area (Å²) in [5, 5.41) is 0. The first-order chi connectivity index (χ1) is 6.72. The van der Waals surface area contributed by atoms with Crippen LogP contribution in [0.4, 0.5) is 4.39 Å². The maximum absolute atomic E-state index is 12.6. The maximum Gasteiger partial charge on any atom is 0.123 e. The highest BCUT2D eigenvalue weighted by Gasteiger charge is 2.01. The van der Waals surface area contributed by atoms with E-state index in [1.807, 2.05) is 12.1 Å². The molecular weight excluding hydrogens is 175 g/mol. The van der Waals surface area contributed by atoms with E-state index in [1.165, 1.54) is 24.8 Å². The molecule has 0 saturated carbocycles. The van der Waals surface area contributed by atoms with Crippen LogP contribution in [0.5, 0.6) is 0 Å². The molecule has 1 unspecified atom stereocenters. The fraction of sp³-hybridized carbons (Fsp3) is 0.538. The first-order valence-corrected chi connectivity index (χ1v) is 5.46. The minimum atomic E-state index is -0.143. The van der Waals surface area contributed by atoms with E-state index in [2.05, 4.69) is 13.8 Å². The first-order valence-electron chi connectivity index (χ1n) is 5.46. The zero-order valence-corrected chi connectivity index (χ0v) is 9.09. The summed E-state index contributed by atoms with van der Waals surface area (Å²) in [7, 11) is 0. The van der Waals surface area contributed by atoms with Crippen LogP contribution in [0.25, 0.3) is 0 Å². The van der Waals surface area contributed by atoms with Crippen LogP contribution in [0, 0.1) is 11.7 Å². The van der Waals surface area contributed by atoms with E-state index in [0.717, 1.165) is 12.3 Å². The summed E-state index contributed by atoms with van der Waals surface area (Å²) in [5.41, 5.74) is 1.24. The molecule has 0 aliphatic rings. The highest BCUT2D eigenvalue weighted by molar-refractivity contribution is 5.15. The fourth-order valence-corrected chi connectivity index (χ4v) is 1.70. The molecule has 0 radical (unpaired) electrons. The van der Waals surface area contributed by atoms with Crippen molar-refractivity contribution in [2.75, 3.05) is 0 Å². The Morgan fingerprint density at radius 3 is 2.36 bits per heavy atom. The Morgan fingerprint density at radius 2 is 1.79 bits per heavy atom. The van der Waals surface area contributed by atoms with Gasteiger partial charge in [-0.25, -0.2) is 4.39 Å². The lowest BCUT2D eigenvalue weighted by Gasteiger charge is -2.09. The van der Waals surface area contributed by atoms with E-state index >= 15 is 0 Å². The van der Waals surface area contributed by atoms with E-state index in [4.69, 9.17) is 0 Å². The van der Waals surface area contributed by atoms with Crippen LogP contribution in [0.2, 0.25) is 0 Å². The monoisotopic (exact) mass is 194 g/mol. The zero-order chi connectivity index (χ0) is 10.4. The first kappa shape index (κ1) is 11.2. The SMILES string of the molecule is CCCC(C)CCc1ccc(F)cc1. The number of hydrogen-bond acceptors (Lipinski definition) is 0.